The van der Waals surface area contributed by atoms with E-state index in [2.05, 4.69) is 6.58 Å². The molecule has 0 unspecified atom stereocenters. The Hall–Kier alpha value is -0.830. The van der Waals surface area contributed by atoms with Crippen molar-refractivity contribution in [2.24, 2.45) is 5.41 Å². The van der Waals surface area contributed by atoms with Gasteiger partial charge < -0.3 is 9.84 Å². The zero-order chi connectivity index (χ0) is 14.1. The first-order valence-electron chi connectivity index (χ1n) is 7.45. The van der Waals surface area contributed by atoms with Gasteiger partial charge in [0.15, 0.2) is 0 Å². The predicted molar refractivity (Wildman–Crippen MR) is 74.7 cm³/mol. The SMILES string of the molecule is C=CC(=O)OC(C)(C)C12CCCCC1(O)CCCC2. The van der Waals surface area contributed by atoms with Crippen molar-refractivity contribution in [1.82, 2.24) is 0 Å². The molecule has 0 aromatic heterocycles. The van der Waals surface area contributed by atoms with E-state index in [9.17, 15) is 9.90 Å². The highest BCUT2D eigenvalue weighted by atomic mass is 16.6. The number of hydrogen-bond donors (Lipinski definition) is 1. The molecule has 0 bridgehead atoms. The predicted octanol–water partition coefficient (Wildman–Crippen LogP) is 3.36. The Balaban J connectivity index is 2.35. The van der Waals surface area contributed by atoms with Gasteiger partial charge in [-0.3, -0.25) is 0 Å². The summed E-state index contributed by atoms with van der Waals surface area (Å²) < 4.78 is 5.63. The third kappa shape index (κ3) is 2.22. The molecule has 108 valence electrons. The van der Waals surface area contributed by atoms with Crippen LogP contribution in [0.5, 0.6) is 0 Å². The largest absolute Gasteiger partial charge is 0.456 e. The van der Waals surface area contributed by atoms with Crippen LogP contribution in [0, 0.1) is 5.41 Å². The highest BCUT2D eigenvalue weighted by Crippen LogP contribution is 2.59. The lowest BCUT2D eigenvalue weighted by Gasteiger charge is -2.60. The van der Waals surface area contributed by atoms with Gasteiger partial charge in [0.1, 0.15) is 5.60 Å². The highest BCUT2D eigenvalue weighted by molar-refractivity contribution is 5.81. The van der Waals surface area contributed by atoms with Gasteiger partial charge in [0.2, 0.25) is 0 Å². The topological polar surface area (TPSA) is 46.5 Å². The van der Waals surface area contributed by atoms with Gasteiger partial charge in [-0.1, -0.05) is 32.3 Å². The fraction of sp³-hybridized carbons (Fsp3) is 0.812. The summed E-state index contributed by atoms with van der Waals surface area (Å²) in [6.45, 7) is 7.38. The zero-order valence-electron chi connectivity index (χ0n) is 12.2. The Labute approximate surface area is 116 Å². The summed E-state index contributed by atoms with van der Waals surface area (Å²) in [7, 11) is 0. The maximum absolute atomic E-state index is 11.6. The van der Waals surface area contributed by atoms with Crippen LogP contribution in [0.4, 0.5) is 0 Å². The lowest BCUT2D eigenvalue weighted by molar-refractivity contribution is -0.233. The van der Waals surface area contributed by atoms with Gasteiger partial charge in [-0.15, -0.1) is 0 Å². The van der Waals surface area contributed by atoms with Crippen LogP contribution in [0.25, 0.3) is 0 Å². The number of rotatable bonds is 3. The van der Waals surface area contributed by atoms with Crippen molar-refractivity contribution >= 4 is 5.97 Å². The molecule has 2 saturated carbocycles. The lowest BCUT2D eigenvalue weighted by Crippen LogP contribution is -2.63. The van der Waals surface area contributed by atoms with Gasteiger partial charge in [-0.2, -0.15) is 0 Å². The second-order valence-corrected chi connectivity index (χ2v) is 6.66. The molecule has 0 radical (unpaired) electrons. The number of carbonyl (C=O) groups excluding carboxylic acids is 1. The Kier molecular flexibility index (Phi) is 3.78. The molecule has 0 aromatic carbocycles. The minimum atomic E-state index is -0.672. The van der Waals surface area contributed by atoms with Crippen LogP contribution in [-0.2, 0) is 9.53 Å². The number of hydrogen-bond acceptors (Lipinski definition) is 3. The lowest BCUT2D eigenvalue weighted by atomic mass is 9.50. The third-order valence-electron chi connectivity index (χ3n) is 5.45. The second kappa shape index (κ2) is 4.93. The molecule has 0 aliphatic heterocycles. The zero-order valence-corrected chi connectivity index (χ0v) is 12.2. The Morgan fingerprint density at radius 1 is 1.16 bits per heavy atom. The summed E-state index contributed by atoms with van der Waals surface area (Å²) in [5, 5.41) is 11.1. The fourth-order valence-electron chi connectivity index (χ4n) is 4.44. The molecule has 0 spiro atoms. The quantitative estimate of drug-likeness (QED) is 0.629. The van der Waals surface area contributed by atoms with Crippen LogP contribution in [0.3, 0.4) is 0 Å². The van der Waals surface area contributed by atoms with E-state index < -0.39 is 17.2 Å². The summed E-state index contributed by atoms with van der Waals surface area (Å²) in [5.74, 6) is -0.391. The minimum Gasteiger partial charge on any atom is -0.456 e. The van der Waals surface area contributed by atoms with Crippen molar-refractivity contribution in [3.8, 4) is 0 Å². The van der Waals surface area contributed by atoms with Gasteiger partial charge in [-0.25, -0.2) is 4.79 Å². The summed E-state index contributed by atoms with van der Waals surface area (Å²) in [6.07, 6.45) is 9.14. The monoisotopic (exact) mass is 266 g/mol. The Morgan fingerprint density at radius 2 is 1.63 bits per heavy atom. The molecule has 2 aliphatic carbocycles. The van der Waals surface area contributed by atoms with Crippen molar-refractivity contribution < 1.29 is 14.6 Å². The molecular weight excluding hydrogens is 240 g/mol. The molecule has 19 heavy (non-hydrogen) atoms. The molecule has 3 heteroatoms. The van der Waals surface area contributed by atoms with Gasteiger partial charge >= 0.3 is 5.97 Å². The number of aliphatic hydroxyl groups is 1. The van der Waals surface area contributed by atoms with Crippen LogP contribution in [0.2, 0.25) is 0 Å². The van der Waals surface area contributed by atoms with Crippen molar-refractivity contribution in [3.05, 3.63) is 12.7 Å². The van der Waals surface area contributed by atoms with Crippen molar-refractivity contribution in [3.63, 3.8) is 0 Å². The van der Waals surface area contributed by atoms with E-state index in [0.29, 0.717) is 0 Å². The fourth-order valence-corrected chi connectivity index (χ4v) is 4.44. The van der Waals surface area contributed by atoms with Gasteiger partial charge in [0, 0.05) is 11.5 Å². The van der Waals surface area contributed by atoms with Crippen LogP contribution < -0.4 is 0 Å². The molecule has 0 aromatic rings. The molecular formula is C16H26O3. The van der Waals surface area contributed by atoms with Crippen LogP contribution in [0.15, 0.2) is 12.7 Å². The van der Waals surface area contributed by atoms with Crippen LogP contribution in [-0.4, -0.2) is 22.3 Å². The summed E-state index contributed by atoms with van der Waals surface area (Å²) in [6, 6.07) is 0. The first-order chi connectivity index (χ1) is 8.87. The molecule has 2 fully saturated rings. The van der Waals surface area contributed by atoms with Crippen molar-refractivity contribution in [2.45, 2.75) is 76.4 Å². The highest BCUT2D eigenvalue weighted by Gasteiger charge is 2.61. The average molecular weight is 266 g/mol. The molecule has 3 nitrogen and oxygen atoms in total. The van der Waals surface area contributed by atoms with Gasteiger partial charge in [0.25, 0.3) is 0 Å². The van der Waals surface area contributed by atoms with E-state index in [1.807, 2.05) is 13.8 Å². The van der Waals surface area contributed by atoms with E-state index in [1.54, 1.807) is 0 Å². The summed E-state index contributed by atoms with van der Waals surface area (Å²) >= 11 is 0. The van der Waals surface area contributed by atoms with E-state index >= 15 is 0 Å². The number of carbonyl (C=O) groups is 1. The van der Waals surface area contributed by atoms with Crippen molar-refractivity contribution in [1.29, 1.82) is 0 Å². The molecule has 2 rings (SSSR count). The van der Waals surface area contributed by atoms with Gasteiger partial charge in [-0.05, 0) is 39.5 Å². The number of esters is 1. The summed E-state index contributed by atoms with van der Waals surface area (Å²) in [5.41, 5.74) is -1.61. The number of fused-ring (bicyclic) bond motifs is 1. The van der Waals surface area contributed by atoms with Gasteiger partial charge in [0.05, 0.1) is 5.60 Å². The first kappa shape index (κ1) is 14.6. The maximum atomic E-state index is 11.6. The van der Waals surface area contributed by atoms with E-state index in [-0.39, 0.29) is 5.41 Å². The van der Waals surface area contributed by atoms with E-state index in [0.717, 1.165) is 51.4 Å². The molecule has 0 saturated heterocycles. The second-order valence-electron chi connectivity index (χ2n) is 6.66. The first-order valence-corrected chi connectivity index (χ1v) is 7.45. The number of ether oxygens (including phenoxy) is 1. The van der Waals surface area contributed by atoms with Crippen molar-refractivity contribution in [2.75, 3.05) is 0 Å². The average Bonchev–Trinajstić information content (AvgIpc) is 2.37. The molecule has 1 N–H and O–H groups in total. The minimum absolute atomic E-state index is 0.296. The third-order valence-corrected chi connectivity index (χ3v) is 5.45. The molecule has 0 heterocycles. The van der Waals surface area contributed by atoms with E-state index in [4.69, 9.17) is 4.74 Å². The molecule has 0 amide bonds. The van der Waals surface area contributed by atoms with Crippen LogP contribution >= 0.6 is 0 Å². The smallest absolute Gasteiger partial charge is 0.330 e. The summed E-state index contributed by atoms with van der Waals surface area (Å²) in [4.78, 5) is 11.6. The maximum Gasteiger partial charge on any atom is 0.330 e. The Morgan fingerprint density at radius 3 is 2.11 bits per heavy atom. The Bertz CT molecular complexity index is 358. The molecule has 0 atom stereocenters. The van der Waals surface area contributed by atoms with Crippen LogP contribution in [0.1, 0.15) is 65.2 Å². The normalized spacial score (nSPS) is 35.3. The van der Waals surface area contributed by atoms with E-state index in [1.165, 1.54) is 6.08 Å². The standard InChI is InChI=1S/C16H26O3/c1-4-13(17)19-14(2,3)15-9-5-7-11-16(15,18)12-8-6-10-15/h4,18H,1,5-12H2,2-3H3. The molecule has 2 aliphatic rings.